The van der Waals surface area contributed by atoms with Gasteiger partial charge in [-0.2, -0.15) is 0 Å². The number of H-pyrrole nitrogens is 1. The Hall–Kier alpha value is -4.75. The third-order valence-electron chi connectivity index (χ3n) is 8.51. The van der Waals surface area contributed by atoms with Gasteiger partial charge in [-0.25, -0.2) is 23.4 Å². The van der Waals surface area contributed by atoms with Gasteiger partial charge in [0.25, 0.3) is 5.56 Å². The van der Waals surface area contributed by atoms with Crippen molar-refractivity contribution in [2.75, 3.05) is 44.7 Å². The number of hydrogen-bond acceptors (Lipinski definition) is 7. The molecule has 4 aromatic heterocycles. The van der Waals surface area contributed by atoms with Crippen LogP contribution in [0.4, 0.5) is 19.3 Å². The number of aromatic nitrogens is 3. The second kappa shape index (κ2) is 13.5. The molecule has 14 heteroatoms. The lowest BCUT2D eigenvalue weighted by atomic mass is 10.0. The van der Waals surface area contributed by atoms with Gasteiger partial charge in [0.05, 0.1) is 16.8 Å². The van der Waals surface area contributed by atoms with Crippen LogP contribution in [0.3, 0.4) is 0 Å². The van der Waals surface area contributed by atoms with Gasteiger partial charge in [0, 0.05) is 61.8 Å². The number of ether oxygens (including phenoxy) is 1. The Bertz CT molecular complexity index is 1970. The van der Waals surface area contributed by atoms with Crippen molar-refractivity contribution in [2.24, 2.45) is 5.92 Å². The molecule has 0 unspecified atom stereocenters. The SMILES string of the molecule is C=C(F)/C=C(\c1[nH]c2ncc(-c3ccc4ccc(C(=O)O)c(=O)n4c3)c(N3CC[C@H]4CN(C)C[C@H]43)c2c1F)N(C)C(=O)OCCl.CC. The first-order valence-corrected chi connectivity index (χ1v) is 15.6. The molecule has 2 aliphatic heterocycles. The van der Waals surface area contributed by atoms with E-state index in [0.29, 0.717) is 34.8 Å². The van der Waals surface area contributed by atoms with Crippen molar-refractivity contribution in [3.8, 4) is 11.1 Å². The number of carbonyl (C=O) groups is 2. The number of aromatic carboxylic acids is 1. The van der Waals surface area contributed by atoms with E-state index < -0.39 is 35.3 Å². The Morgan fingerprint density at radius 1 is 1.26 bits per heavy atom. The number of fused-ring (bicyclic) bond motifs is 3. The molecule has 0 spiro atoms. The van der Waals surface area contributed by atoms with Crippen LogP contribution >= 0.6 is 11.6 Å². The highest BCUT2D eigenvalue weighted by atomic mass is 35.5. The second-order valence-electron chi connectivity index (χ2n) is 11.2. The predicted molar refractivity (Wildman–Crippen MR) is 177 cm³/mol. The summed E-state index contributed by atoms with van der Waals surface area (Å²) in [4.78, 5) is 50.0. The fourth-order valence-corrected chi connectivity index (χ4v) is 6.57. The van der Waals surface area contributed by atoms with Crippen LogP contribution in [-0.4, -0.2) is 87.2 Å². The number of pyridine rings is 3. The van der Waals surface area contributed by atoms with Gasteiger partial charge in [-0.15, -0.1) is 0 Å². The Morgan fingerprint density at radius 3 is 2.66 bits per heavy atom. The lowest BCUT2D eigenvalue weighted by Gasteiger charge is -2.29. The number of carboxylic acid groups (broad SMARTS) is 1. The van der Waals surface area contributed by atoms with E-state index in [2.05, 4.69) is 26.3 Å². The molecule has 2 saturated heterocycles. The van der Waals surface area contributed by atoms with Crippen molar-refractivity contribution >= 4 is 51.6 Å². The van der Waals surface area contributed by atoms with E-state index in [0.717, 1.165) is 30.5 Å². The molecule has 0 aromatic carbocycles. The zero-order valence-corrected chi connectivity index (χ0v) is 27.1. The molecule has 0 bridgehead atoms. The molecule has 2 fully saturated rings. The molecular formula is C33H35ClF2N6O5. The fourth-order valence-electron chi connectivity index (χ4n) is 6.48. The zero-order valence-electron chi connectivity index (χ0n) is 26.4. The van der Waals surface area contributed by atoms with Crippen LogP contribution in [-0.2, 0) is 4.74 Å². The van der Waals surface area contributed by atoms with Crippen LogP contribution in [0.1, 0.15) is 36.3 Å². The molecule has 6 rings (SSSR count). The van der Waals surface area contributed by atoms with E-state index in [1.807, 2.05) is 20.9 Å². The van der Waals surface area contributed by atoms with Crippen molar-refractivity contribution in [3.63, 3.8) is 0 Å². The molecule has 2 aliphatic rings. The number of carboxylic acids is 1. The number of aromatic amines is 1. The lowest BCUT2D eigenvalue weighted by molar-refractivity contribution is 0.0694. The molecule has 248 valence electrons. The first-order chi connectivity index (χ1) is 22.5. The number of halogens is 3. The number of rotatable bonds is 7. The highest BCUT2D eigenvalue weighted by Crippen LogP contribution is 2.45. The summed E-state index contributed by atoms with van der Waals surface area (Å²) in [5.74, 6) is -2.72. The Kier molecular flexibility index (Phi) is 9.68. The van der Waals surface area contributed by atoms with Crippen molar-refractivity contribution < 1.29 is 28.2 Å². The minimum absolute atomic E-state index is 0.0564. The van der Waals surface area contributed by atoms with Crippen molar-refractivity contribution in [1.29, 1.82) is 0 Å². The molecule has 4 aromatic rings. The van der Waals surface area contributed by atoms with Gasteiger partial charge in [0.15, 0.2) is 11.9 Å². The number of nitrogens with zero attached hydrogens (tertiary/aromatic N) is 5. The number of hydrogen-bond donors (Lipinski definition) is 2. The van der Waals surface area contributed by atoms with E-state index in [1.54, 1.807) is 18.3 Å². The monoisotopic (exact) mass is 668 g/mol. The molecule has 1 amide bonds. The van der Waals surface area contributed by atoms with Gasteiger partial charge < -0.3 is 24.6 Å². The number of allylic oxidation sites excluding steroid dienone is 2. The van der Waals surface area contributed by atoms with Gasteiger partial charge in [-0.05, 0) is 43.7 Å². The summed E-state index contributed by atoms with van der Waals surface area (Å²) in [6, 6.07) is 5.82. The third-order valence-corrected chi connectivity index (χ3v) is 8.61. The highest BCUT2D eigenvalue weighted by molar-refractivity contribution is 6.17. The predicted octanol–water partition coefficient (Wildman–Crippen LogP) is 5.94. The quantitative estimate of drug-likeness (QED) is 0.183. The van der Waals surface area contributed by atoms with Crippen LogP contribution in [0.5, 0.6) is 0 Å². The van der Waals surface area contributed by atoms with Gasteiger partial charge in [0.2, 0.25) is 0 Å². The number of likely N-dealkylation sites (tertiary alicyclic amines) is 1. The maximum Gasteiger partial charge on any atom is 0.415 e. The second-order valence-corrected chi connectivity index (χ2v) is 11.4. The first kappa shape index (κ1) is 33.6. The molecule has 0 aliphatic carbocycles. The van der Waals surface area contributed by atoms with Crippen LogP contribution in [0.15, 0.2) is 59.9 Å². The van der Waals surface area contributed by atoms with Gasteiger partial charge in [0.1, 0.15) is 22.7 Å². The number of likely N-dealkylation sites (N-methyl/N-ethyl adjacent to an activating group) is 1. The molecule has 6 heterocycles. The largest absolute Gasteiger partial charge is 0.477 e. The van der Waals surface area contributed by atoms with Gasteiger partial charge >= 0.3 is 12.1 Å². The standard InChI is InChI=1S/C31H29ClF2N6O5.C2H6/c1-16(33)10-22(38(3)31(44)45-15-32)26-25(34)24-27(39-9-8-18-12-37(2)14-23(18)39)21(11-35-28(24)36-26)17-4-5-19-6-7-20(30(42)43)29(41)40(19)13-17;1-2/h4-7,10-11,13,18,23H,1,8-9,12,14-15H2,2-3H3,(H,35,36)(H,42,43);1-2H3/b22-10+;/t18-,23+;/m0./s1. The van der Waals surface area contributed by atoms with Crippen LogP contribution in [0.2, 0.25) is 0 Å². The number of alkyl halides is 1. The van der Waals surface area contributed by atoms with Crippen LogP contribution in [0.25, 0.3) is 33.4 Å². The van der Waals surface area contributed by atoms with Crippen molar-refractivity contribution in [2.45, 2.75) is 26.3 Å². The first-order valence-electron chi connectivity index (χ1n) is 15.1. The van der Waals surface area contributed by atoms with Crippen LogP contribution < -0.4 is 10.5 Å². The molecule has 0 radical (unpaired) electrons. The zero-order chi connectivity index (χ0) is 34.2. The fraction of sp³-hybridized carbons (Fsp3) is 0.333. The number of amides is 1. The average molecular weight is 669 g/mol. The summed E-state index contributed by atoms with van der Waals surface area (Å²) in [7, 11) is 3.31. The molecule has 0 saturated carbocycles. The smallest absolute Gasteiger partial charge is 0.415 e. The number of carbonyl (C=O) groups excluding carboxylic acids is 1. The topological polar surface area (TPSA) is 123 Å². The summed E-state index contributed by atoms with van der Waals surface area (Å²) in [6.07, 6.45) is 3.90. The maximum absolute atomic E-state index is 16.8. The molecule has 47 heavy (non-hydrogen) atoms. The Morgan fingerprint density at radius 2 is 1.98 bits per heavy atom. The molecular weight excluding hydrogens is 634 g/mol. The normalized spacial score (nSPS) is 17.9. The molecule has 2 N–H and O–H groups in total. The summed E-state index contributed by atoms with van der Waals surface area (Å²) in [5.41, 5.74) is 0.636. The highest BCUT2D eigenvalue weighted by Gasteiger charge is 2.42. The summed E-state index contributed by atoms with van der Waals surface area (Å²) in [6.45, 7) is 9.49. The average Bonchev–Trinajstić information content (AvgIpc) is 3.72. The summed E-state index contributed by atoms with van der Waals surface area (Å²) < 4.78 is 37.0. The van der Waals surface area contributed by atoms with Crippen molar-refractivity contribution in [1.82, 2.24) is 24.2 Å². The summed E-state index contributed by atoms with van der Waals surface area (Å²) >= 11 is 5.55. The van der Waals surface area contributed by atoms with Crippen LogP contribution in [0, 0.1) is 11.7 Å². The Balaban J connectivity index is 0.00000213. The third kappa shape index (κ3) is 6.08. The molecule has 11 nitrogen and oxygen atoms in total. The van der Waals surface area contributed by atoms with E-state index >= 15 is 4.39 Å². The molecule has 2 atom stereocenters. The minimum atomic E-state index is -1.35. The summed E-state index contributed by atoms with van der Waals surface area (Å²) in [5, 5.41) is 9.62. The minimum Gasteiger partial charge on any atom is -0.477 e. The lowest BCUT2D eigenvalue weighted by Crippen LogP contribution is -2.35. The van der Waals surface area contributed by atoms with E-state index in [-0.39, 0.29) is 34.0 Å². The number of anilines is 1. The van der Waals surface area contributed by atoms with E-state index in [4.69, 9.17) is 16.3 Å². The maximum atomic E-state index is 16.8. The van der Waals surface area contributed by atoms with E-state index in [9.17, 15) is 23.9 Å². The van der Waals surface area contributed by atoms with Gasteiger partial charge in [-0.3, -0.25) is 14.1 Å². The van der Waals surface area contributed by atoms with E-state index in [1.165, 1.54) is 29.8 Å². The van der Waals surface area contributed by atoms with Gasteiger partial charge in [-0.1, -0.05) is 38.1 Å². The number of nitrogens with one attached hydrogen (secondary N) is 1. The Labute approximate surface area is 274 Å². The van der Waals surface area contributed by atoms with Crippen molar-refractivity contribution in [3.05, 3.63) is 82.6 Å².